The van der Waals surface area contributed by atoms with Gasteiger partial charge in [-0.1, -0.05) is 22.9 Å². The Bertz CT molecular complexity index is 610. The van der Waals surface area contributed by atoms with E-state index >= 15 is 0 Å². The van der Waals surface area contributed by atoms with Crippen molar-refractivity contribution in [3.63, 3.8) is 0 Å². The SMILES string of the molecule is CCC(=O)c1ccc(NCc2cc(Br)ccc2F)cc1. The maximum atomic E-state index is 13.6. The maximum Gasteiger partial charge on any atom is 0.162 e. The number of ketones is 1. The van der Waals surface area contributed by atoms with Crippen LogP contribution in [0.1, 0.15) is 29.3 Å². The first-order chi connectivity index (χ1) is 9.60. The normalized spacial score (nSPS) is 10.3. The molecule has 0 bridgehead atoms. The molecule has 0 aromatic heterocycles. The van der Waals surface area contributed by atoms with Gasteiger partial charge >= 0.3 is 0 Å². The second-order valence-corrected chi connectivity index (χ2v) is 5.36. The molecule has 0 unspecified atom stereocenters. The minimum absolute atomic E-state index is 0.120. The van der Waals surface area contributed by atoms with E-state index in [1.807, 2.05) is 19.1 Å². The van der Waals surface area contributed by atoms with Gasteiger partial charge in [0.1, 0.15) is 5.82 Å². The molecule has 0 spiro atoms. The first-order valence-corrected chi connectivity index (χ1v) is 7.20. The second kappa shape index (κ2) is 6.66. The van der Waals surface area contributed by atoms with Crippen LogP contribution < -0.4 is 5.32 Å². The van der Waals surface area contributed by atoms with Gasteiger partial charge < -0.3 is 5.32 Å². The molecular formula is C16H15BrFNO. The summed E-state index contributed by atoms with van der Waals surface area (Å²) >= 11 is 3.32. The smallest absolute Gasteiger partial charge is 0.162 e. The molecule has 0 atom stereocenters. The van der Waals surface area contributed by atoms with Crippen molar-refractivity contribution in [2.45, 2.75) is 19.9 Å². The Morgan fingerprint density at radius 1 is 1.20 bits per heavy atom. The maximum absolute atomic E-state index is 13.6. The molecule has 4 heteroatoms. The number of carbonyl (C=O) groups excluding carboxylic acids is 1. The summed E-state index contributed by atoms with van der Waals surface area (Å²) in [6.45, 7) is 2.23. The van der Waals surface area contributed by atoms with Crippen LogP contribution in [0.5, 0.6) is 0 Å². The molecule has 0 amide bonds. The number of anilines is 1. The van der Waals surface area contributed by atoms with Crippen molar-refractivity contribution in [3.05, 3.63) is 63.9 Å². The standard InChI is InChI=1S/C16H15BrFNO/c1-2-16(20)11-3-6-14(7-4-11)19-10-12-9-13(17)5-8-15(12)18/h3-9,19H,2,10H2,1H3. The van der Waals surface area contributed by atoms with E-state index in [1.165, 1.54) is 6.07 Å². The largest absolute Gasteiger partial charge is 0.381 e. The van der Waals surface area contributed by atoms with Gasteiger partial charge in [0.25, 0.3) is 0 Å². The predicted octanol–water partition coefficient (Wildman–Crippen LogP) is 4.79. The number of benzene rings is 2. The Balaban J connectivity index is 2.04. The highest BCUT2D eigenvalue weighted by atomic mass is 79.9. The van der Waals surface area contributed by atoms with Crippen LogP contribution in [0.2, 0.25) is 0 Å². The number of hydrogen-bond acceptors (Lipinski definition) is 2. The molecule has 2 rings (SSSR count). The van der Waals surface area contributed by atoms with Gasteiger partial charge in [-0.05, 0) is 42.5 Å². The molecule has 1 N–H and O–H groups in total. The molecule has 2 aromatic rings. The first-order valence-electron chi connectivity index (χ1n) is 6.41. The third-order valence-electron chi connectivity index (χ3n) is 3.02. The summed E-state index contributed by atoms with van der Waals surface area (Å²) in [5.74, 6) is -0.118. The Hall–Kier alpha value is -1.68. The van der Waals surface area contributed by atoms with Crippen LogP contribution in [-0.4, -0.2) is 5.78 Å². The zero-order valence-corrected chi connectivity index (χ0v) is 12.7. The minimum Gasteiger partial charge on any atom is -0.381 e. The summed E-state index contributed by atoms with van der Waals surface area (Å²) in [6, 6.07) is 12.1. The van der Waals surface area contributed by atoms with Crippen molar-refractivity contribution >= 4 is 27.4 Å². The Labute approximate surface area is 126 Å². The van der Waals surface area contributed by atoms with Gasteiger partial charge in [-0.15, -0.1) is 0 Å². The summed E-state index contributed by atoms with van der Waals surface area (Å²) in [5, 5.41) is 3.14. The first kappa shape index (κ1) is 14.7. The summed E-state index contributed by atoms with van der Waals surface area (Å²) in [6.07, 6.45) is 0.496. The van der Waals surface area contributed by atoms with Gasteiger partial charge in [-0.2, -0.15) is 0 Å². The molecular weight excluding hydrogens is 321 g/mol. The minimum atomic E-state index is -0.238. The second-order valence-electron chi connectivity index (χ2n) is 4.44. The third-order valence-corrected chi connectivity index (χ3v) is 3.51. The van der Waals surface area contributed by atoms with Gasteiger partial charge in [0.15, 0.2) is 5.78 Å². The van der Waals surface area contributed by atoms with E-state index < -0.39 is 0 Å². The quantitative estimate of drug-likeness (QED) is 0.795. The van der Waals surface area contributed by atoms with Crippen molar-refractivity contribution in [3.8, 4) is 0 Å². The highest BCUT2D eigenvalue weighted by Gasteiger charge is 2.04. The van der Waals surface area contributed by atoms with E-state index in [9.17, 15) is 9.18 Å². The molecule has 2 aromatic carbocycles. The van der Waals surface area contributed by atoms with E-state index in [4.69, 9.17) is 0 Å². The van der Waals surface area contributed by atoms with Crippen LogP contribution in [0.15, 0.2) is 46.9 Å². The number of carbonyl (C=O) groups is 1. The molecule has 2 nitrogen and oxygen atoms in total. The zero-order valence-electron chi connectivity index (χ0n) is 11.1. The summed E-state index contributed by atoms with van der Waals surface area (Å²) in [4.78, 5) is 11.5. The van der Waals surface area contributed by atoms with Crippen molar-refractivity contribution < 1.29 is 9.18 Å². The monoisotopic (exact) mass is 335 g/mol. The van der Waals surface area contributed by atoms with E-state index in [1.54, 1.807) is 24.3 Å². The molecule has 0 radical (unpaired) electrons. The lowest BCUT2D eigenvalue weighted by Crippen LogP contribution is -2.02. The lowest BCUT2D eigenvalue weighted by Gasteiger charge is -2.08. The average Bonchev–Trinajstić information content (AvgIpc) is 2.48. The third kappa shape index (κ3) is 3.67. The van der Waals surface area contributed by atoms with Crippen molar-refractivity contribution in [1.82, 2.24) is 0 Å². The van der Waals surface area contributed by atoms with Crippen molar-refractivity contribution in [1.29, 1.82) is 0 Å². The van der Waals surface area contributed by atoms with Crippen LogP contribution in [0.25, 0.3) is 0 Å². The van der Waals surface area contributed by atoms with Gasteiger partial charge in [-0.25, -0.2) is 4.39 Å². The summed E-state index contributed by atoms with van der Waals surface area (Å²) < 4.78 is 14.4. The molecule has 0 aliphatic heterocycles. The molecule has 0 heterocycles. The fraction of sp³-hybridized carbons (Fsp3) is 0.188. The lowest BCUT2D eigenvalue weighted by atomic mass is 10.1. The summed E-state index contributed by atoms with van der Waals surface area (Å²) in [5.41, 5.74) is 2.15. The number of Topliss-reactive ketones (excluding diaryl/α,β-unsaturated/α-hetero) is 1. The summed E-state index contributed by atoms with van der Waals surface area (Å²) in [7, 11) is 0. The van der Waals surface area contributed by atoms with Crippen molar-refractivity contribution in [2.75, 3.05) is 5.32 Å². The highest BCUT2D eigenvalue weighted by Crippen LogP contribution is 2.18. The van der Waals surface area contributed by atoms with E-state index in [0.717, 1.165) is 10.2 Å². The predicted molar refractivity (Wildman–Crippen MR) is 82.5 cm³/mol. The number of hydrogen-bond donors (Lipinski definition) is 1. The fourth-order valence-corrected chi connectivity index (χ4v) is 2.26. The Morgan fingerprint density at radius 2 is 1.90 bits per heavy atom. The lowest BCUT2D eigenvalue weighted by molar-refractivity contribution is 0.0988. The van der Waals surface area contributed by atoms with E-state index in [0.29, 0.717) is 24.1 Å². The zero-order chi connectivity index (χ0) is 14.5. The molecule has 0 aliphatic rings. The van der Waals surface area contributed by atoms with Crippen LogP contribution in [-0.2, 0) is 6.54 Å². The van der Waals surface area contributed by atoms with E-state index in [2.05, 4.69) is 21.2 Å². The highest BCUT2D eigenvalue weighted by molar-refractivity contribution is 9.10. The molecule has 20 heavy (non-hydrogen) atoms. The van der Waals surface area contributed by atoms with E-state index in [-0.39, 0.29) is 11.6 Å². The molecule has 0 aliphatic carbocycles. The number of rotatable bonds is 5. The fourth-order valence-electron chi connectivity index (χ4n) is 1.85. The van der Waals surface area contributed by atoms with Crippen LogP contribution in [0, 0.1) is 5.82 Å². The van der Waals surface area contributed by atoms with Gasteiger partial charge in [0.2, 0.25) is 0 Å². The average molecular weight is 336 g/mol. The topological polar surface area (TPSA) is 29.1 Å². The molecule has 0 fully saturated rings. The Kier molecular flexibility index (Phi) is 4.90. The van der Waals surface area contributed by atoms with Gasteiger partial charge in [0, 0.05) is 34.3 Å². The van der Waals surface area contributed by atoms with Crippen molar-refractivity contribution in [2.24, 2.45) is 0 Å². The van der Waals surface area contributed by atoms with Crippen LogP contribution >= 0.6 is 15.9 Å². The Morgan fingerprint density at radius 3 is 2.55 bits per heavy atom. The van der Waals surface area contributed by atoms with Gasteiger partial charge in [-0.3, -0.25) is 4.79 Å². The number of halogens is 2. The molecule has 0 saturated carbocycles. The van der Waals surface area contributed by atoms with Crippen LogP contribution in [0.3, 0.4) is 0 Å². The van der Waals surface area contributed by atoms with Crippen LogP contribution in [0.4, 0.5) is 10.1 Å². The number of nitrogens with one attached hydrogen (secondary N) is 1. The molecule has 0 saturated heterocycles. The van der Waals surface area contributed by atoms with Gasteiger partial charge in [0.05, 0.1) is 0 Å². The molecule has 104 valence electrons.